The van der Waals surface area contributed by atoms with E-state index in [-0.39, 0.29) is 30.2 Å². The van der Waals surface area contributed by atoms with Gasteiger partial charge in [-0.05, 0) is 57.0 Å². The number of methoxy groups -OCH3 is 1. The van der Waals surface area contributed by atoms with Crippen LogP contribution in [-0.4, -0.2) is 31.7 Å². The minimum atomic E-state index is -0.775. The first-order chi connectivity index (χ1) is 9.98. The molecule has 1 unspecified atom stereocenters. The lowest BCUT2D eigenvalue weighted by molar-refractivity contribution is -0.147. The van der Waals surface area contributed by atoms with Crippen molar-refractivity contribution in [1.29, 1.82) is 0 Å². The minimum absolute atomic E-state index is 0. The largest absolute Gasteiger partial charge is 0.368 e. The number of aryl methyl sites for hydroxylation is 1. The molecular formula is C16H24ClFN2O2. The van der Waals surface area contributed by atoms with Gasteiger partial charge in [0.1, 0.15) is 11.4 Å². The van der Waals surface area contributed by atoms with Crippen molar-refractivity contribution in [2.45, 2.75) is 38.3 Å². The zero-order valence-corrected chi connectivity index (χ0v) is 14.1. The van der Waals surface area contributed by atoms with Gasteiger partial charge in [0.25, 0.3) is 5.91 Å². The van der Waals surface area contributed by atoms with Gasteiger partial charge in [-0.3, -0.25) is 4.79 Å². The second kappa shape index (κ2) is 7.90. The molecule has 0 aromatic heterocycles. The van der Waals surface area contributed by atoms with Crippen LogP contribution < -0.4 is 10.6 Å². The van der Waals surface area contributed by atoms with Crippen molar-refractivity contribution in [2.75, 3.05) is 20.2 Å². The predicted molar refractivity (Wildman–Crippen MR) is 86.8 cm³/mol. The molecule has 4 nitrogen and oxygen atoms in total. The van der Waals surface area contributed by atoms with E-state index in [0.29, 0.717) is 18.4 Å². The first-order valence-electron chi connectivity index (χ1n) is 7.31. The molecule has 1 aliphatic heterocycles. The number of hydrogen-bond acceptors (Lipinski definition) is 3. The Kier molecular flexibility index (Phi) is 6.78. The molecule has 0 spiro atoms. The molecule has 1 amide bonds. The van der Waals surface area contributed by atoms with Crippen LogP contribution >= 0.6 is 12.4 Å². The molecule has 0 saturated carbocycles. The minimum Gasteiger partial charge on any atom is -0.368 e. The number of halogens is 2. The fourth-order valence-corrected chi connectivity index (χ4v) is 2.64. The molecular weight excluding hydrogens is 307 g/mol. The van der Waals surface area contributed by atoms with Crippen molar-refractivity contribution in [2.24, 2.45) is 0 Å². The number of hydrogen-bond donors (Lipinski definition) is 2. The lowest BCUT2D eigenvalue weighted by Crippen LogP contribution is -2.54. The summed E-state index contributed by atoms with van der Waals surface area (Å²) in [6, 6.07) is 4.78. The number of piperidine rings is 1. The Hall–Kier alpha value is -1.17. The number of carbonyl (C=O) groups is 1. The molecule has 1 aromatic carbocycles. The number of benzene rings is 1. The highest BCUT2D eigenvalue weighted by atomic mass is 35.5. The van der Waals surface area contributed by atoms with Crippen LogP contribution in [0.3, 0.4) is 0 Å². The molecule has 6 heteroatoms. The van der Waals surface area contributed by atoms with Gasteiger partial charge in [-0.1, -0.05) is 12.1 Å². The Balaban J connectivity index is 0.00000242. The van der Waals surface area contributed by atoms with Crippen molar-refractivity contribution in [3.63, 3.8) is 0 Å². The number of rotatable bonds is 4. The summed E-state index contributed by atoms with van der Waals surface area (Å²) >= 11 is 0. The SMILES string of the molecule is COC1(C(=O)NC(C)c2ccc(C)c(F)c2)CCNCC1.Cl. The summed E-state index contributed by atoms with van der Waals surface area (Å²) in [7, 11) is 1.57. The van der Waals surface area contributed by atoms with E-state index in [1.54, 1.807) is 20.1 Å². The van der Waals surface area contributed by atoms with E-state index in [2.05, 4.69) is 10.6 Å². The number of carbonyl (C=O) groups excluding carboxylic acids is 1. The second-order valence-corrected chi connectivity index (χ2v) is 5.65. The summed E-state index contributed by atoms with van der Waals surface area (Å²) in [6.07, 6.45) is 1.29. The van der Waals surface area contributed by atoms with Gasteiger partial charge in [-0.25, -0.2) is 4.39 Å². The molecule has 1 saturated heterocycles. The summed E-state index contributed by atoms with van der Waals surface area (Å²) in [4.78, 5) is 12.5. The van der Waals surface area contributed by atoms with Crippen molar-refractivity contribution < 1.29 is 13.9 Å². The standard InChI is InChI=1S/C16H23FN2O2.ClH/c1-11-4-5-13(10-14(11)17)12(2)19-15(20)16(21-3)6-8-18-9-7-16;/h4-5,10,12,18H,6-9H2,1-3H3,(H,19,20);1H. The van der Waals surface area contributed by atoms with E-state index in [4.69, 9.17) is 4.74 Å². The van der Waals surface area contributed by atoms with E-state index in [0.717, 1.165) is 18.7 Å². The summed E-state index contributed by atoms with van der Waals surface area (Å²) in [5.74, 6) is -0.378. The van der Waals surface area contributed by atoms with Crippen LogP contribution in [0.25, 0.3) is 0 Å². The fraction of sp³-hybridized carbons (Fsp3) is 0.562. The molecule has 124 valence electrons. The summed E-state index contributed by atoms with van der Waals surface area (Å²) in [5.41, 5.74) is 0.582. The maximum atomic E-state index is 13.6. The topological polar surface area (TPSA) is 50.4 Å². The first-order valence-corrected chi connectivity index (χ1v) is 7.31. The van der Waals surface area contributed by atoms with E-state index < -0.39 is 5.60 Å². The van der Waals surface area contributed by atoms with Crippen LogP contribution in [0.15, 0.2) is 18.2 Å². The quantitative estimate of drug-likeness (QED) is 0.892. The van der Waals surface area contributed by atoms with Crippen LogP contribution in [-0.2, 0) is 9.53 Å². The lowest BCUT2D eigenvalue weighted by atomic mass is 9.90. The molecule has 1 aromatic rings. The third kappa shape index (κ3) is 3.97. The van der Waals surface area contributed by atoms with Crippen molar-refractivity contribution >= 4 is 18.3 Å². The van der Waals surface area contributed by atoms with Gasteiger partial charge in [0.05, 0.1) is 6.04 Å². The normalized spacial score (nSPS) is 18.2. The number of ether oxygens (including phenoxy) is 1. The van der Waals surface area contributed by atoms with Crippen LogP contribution in [0.1, 0.15) is 36.9 Å². The van der Waals surface area contributed by atoms with E-state index in [1.165, 1.54) is 6.07 Å². The first kappa shape index (κ1) is 18.9. The van der Waals surface area contributed by atoms with Crippen molar-refractivity contribution in [1.82, 2.24) is 10.6 Å². The van der Waals surface area contributed by atoms with E-state index >= 15 is 0 Å². The zero-order valence-electron chi connectivity index (χ0n) is 13.2. The molecule has 1 atom stereocenters. The average molecular weight is 331 g/mol. The molecule has 1 heterocycles. The highest BCUT2D eigenvalue weighted by Gasteiger charge is 2.40. The molecule has 1 aliphatic rings. The van der Waals surface area contributed by atoms with Crippen LogP contribution in [0.4, 0.5) is 4.39 Å². The third-order valence-electron chi connectivity index (χ3n) is 4.26. The zero-order chi connectivity index (χ0) is 15.5. The highest BCUT2D eigenvalue weighted by molar-refractivity contribution is 5.86. The smallest absolute Gasteiger partial charge is 0.252 e. The van der Waals surface area contributed by atoms with Gasteiger partial charge in [0.15, 0.2) is 0 Å². The molecule has 1 fully saturated rings. The predicted octanol–water partition coefficient (Wildman–Crippen LogP) is 2.50. The van der Waals surface area contributed by atoms with E-state index in [9.17, 15) is 9.18 Å². The summed E-state index contributed by atoms with van der Waals surface area (Å²) < 4.78 is 19.1. The van der Waals surface area contributed by atoms with Gasteiger partial charge in [0.2, 0.25) is 0 Å². The second-order valence-electron chi connectivity index (χ2n) is 5.65. The number of nitrogens with one attached hydrogen (secondary N) is 2. The molecule has 0 bridgehead atoms. The Morgan fingerprint density at radius 2 is 2.05 bits per heavy atom. The summed E-state index contributed by atoms with van der Waals surface area (Å²) in [5, 5.41) is 6.16. The Bertz CT molecular complexity index is 519. The van der Waals surface area contributed by atoms with Crippen molar-refractivity contribution in [3.8, 4) is 0 Å². The van der Waals surface area contributed by atoms with Crippen LogP contribution in [0, 0.1) is 12.7 Å². The van der Waals surface area contributed by atoms with Gasteiger partial charge < -0.3 is 15.4 Å². The molecule has 0 aliphatic carbocycles. The summed E-state index contributed by atoms with van der Waals surface area (Å²) in [6.45, 7) is 5.09. The maximum Gasteiger partial charge on any atom is 0.252 e. The lowest BCUT2D eigenvalue weighted by Gasteiger charge is -2.35. The highest BCUT2D eigenvalue weighted by Crippen LogP contribution is 2.24. The monoisotopic (exact) mass is 330 g/mol. The fourth-order valence-electron chi connectivity index (χ4n) is 2.64. The van der Waals surface area contributed by atoms with Crippen LogP contribution in [0.5, 0.6) is 0 Å². The number of amides is 1. The molecule has 0 radical (unpaired) electrons. The molecule has 2 N–H and O–H groups in total. The van der Waals surface area contributed by atoms with Gasteiger partial charge in [0, 0.05) is 7.11 Å². The Labute approximate surface area is 137 Å². The molecule has 2 rings (SSSR count). The van der Waals surface area contributed by atoms with Crippen LogP contribution in [0.2, 0.25) is 0 Å². The van der Waals surface area contributed by atoms with Gasteiger partial charge in [-0.15, -0.1) is 12.4 Å². The third-order valence-corrected chi connectivity index (χ3v) is 4.26. The van der Waals surface area contributed by atoms with Crippen molar-refractivity contribution in [3.05, 3.63) is 35.1 Å². The van der Waals surface area contributed by atoms with Gasteiger partial charge in [-0.2, -0.15) is 0 Å². The maximum absolute atomic E-state index is 13.6. The average Bonchev–Trinajstić information content (AvgIpc) is 2.50. The van der Waals surface area contributed by atoms with Gasteiger partial charge >= 0.3 is 0 Å². The van der Waals surface area contributed by atoms with E-state index in [1.807, 2.05) is 13.0 Å². The Morgan fingerprint density at radius 1 is 1.41 bits per heavy atom. The Morgan fingerprint density at radius 3 is 2.59 bits per heavy atom. The molecule has 22 heavy (non-hydrogen) atoms.